The van der Waals surface area contributed by atoms with Crippen molar-refractivity contribution in [1.82, 2.24) is 0 Å². The Morgan fingerprint density at radius 3 is 2.50 bits per heavy atom. The third-order valence-corrected chi connectivity index (χ3v) is 3.35. The molecule has 0 saturated heterocycles. The molecule has 1 atom stereocenters. The molecule has 0 heterocycles. The average Bonchev–Trinajstić information content (AvgIpc) is 2.55. The summed E-state index contributed by atoms with van der Waals surface area (Å²) in [5.41, 5.74) is 1.89. The first-order valence-corrected chi connectivity index (χ1v) is 7.33. The summed E-state index contributed by atoms with van der Waals surface area (Å²) in [6, 6.07) is 15.0. The summed E-state index contributed by atoms with van der Waals surface area (Å²) >= 11 is 0. The summed E-state index contributed by atoms with van der Waals surface area (Å²) in [5.74, 6) is 1.27. The van der Waals surface area contributed by atoms with Gasteiger partial charge in [-0.2, -0.15) is 0 Å². The largest absolute Gasteiger partial charge is 0.497 e. The fourth-order valence-electron chi connectivity index (χ4n) is 2.01. The van der Waals surface area contributed by atoms with Gasteiger partial charge in [0.05, 0.1) is 7.11 Å². The zero-order valence-corrected chi connectivity index (χ0v) is 13.1. The molecule has 0 aliphatic carbocycles. The summed E-state index contributed by atoms with van der Waals surface area (Å²) in [6.45, 7) is 3.82. The molecule has 0 fully saturated rings. The lowest BCUT2D eigenvalue weighted by atomic mass is 10.2. The normalized spacial score (nSPS) is 11.6. The second-order valence-electron chi connectivity index (χ2n) is 4.98. The maximum atomic E-state index is 12.2. The number of hydrogen-bond acceptors (Lipinski definition) is 3. The summed E-state index contributed by atoms with van der Waals surface area (Å²) in [7, 11) is 1.61. The van der Waals surface area contributed by atoms with E-state index in [1.165, 1.54) is 5.56 Å². The lowest BCUT2D eigenvalue weighted by Crippen LogP contribution is -2.30. The van der Waals surface area contributed by atoms with E-state index < -0.39 is 6.10 Å². The van der Waals surface area contributed by atoms with E-state index in [4.69, 9.17) is 9.47 Å². The Balaban J connectivity index is 1.96. The standard InChI is InChI=1S/C18H21NO3/c1-4-14-6-5-7-17(12-14)22-13(2)18(20)19-15-8-10-16(21-3)11-9-15/h5-13H,4H2,1-3H3,(H,19,20). The summed E-state index contributed by atoms with van der Waals surface area (Å²) in [4.78, 5) is 12.2. The number of aryl methyl sites for hydroxylation is 1. The third-order valence-electron chi connectivity index (χ3n) is 3.35. The van der Waals surface area contributed by atoms with Crippen molar-refractivity contribution in [1.29, 1.82) is 0 Å². The highest BCUT2D eigenvalue weighted by Gasteiger charge is 2.15. The number of anilines is 1. The minimum absolute atomic E-state index is 0.188. The highest BCUT2D eigenvalue weighted by molar-refractivity contribution is 5.94. The van der Waals surface area contributed by atoms with Crippen molar-refractivity contribution in [3.63, 3.8) is 0 Å². The number of methoxy groups -OCH3 is 1. The van der Waals surface area contributed by atoms with Crippen molar-refractivity contribution < 1.29 is 14.3 Å². The van der Waals surface area contributed by atoms with Gasteiger partial charge in [0.15, 0.2) is 6.10 Å². The SMILES string of the molecule is CCc1cccc(OC(C)C(=O)Nc2ccc(OC)cc2)c1. The Hall–Kier alpha value is -2.49. The van der Waals surface area contributed by atoms with E-state index in [-0.39, 0.29) is 5.91 Å². The molecule has 0 bridgehead atoms. The van der Waals surface area contributed by atoms with Crippen LogP contribution in [-0.4, -0.2) is 19.1 Å². The molecule has 2 aromatic rings. The molecule has 2 rings (SSSR count). The fourth-order valence-corrected chi connectivity index (χ4v) is 2.01. The van der Waals surface area contributed by atoms with E-state index in [0.29, 0.717) is 11.4 Å². The van der Waals surface area contributed by atoms with Crippen LogP contribution < -0.4 is 14.8 Å². The molecule has 2 aromatic carbocycles. The number of hydrogen-bond donors (Lipinski definition) is 1. The number of carbonyl (C=O) groups excluding carboxylic acids is 1. The lowest BCUT2D eigenvalue weighted by Gasteiger charge is -2.15. The third kappa shape index (κ3) is 4.25. The maximum Gasteiger partial charge on any atom is 0.265 e. The molecule has 0 aromatic heterocycles. The van der Waals surface area contributed by atoms with Crippen LogP contribution in [0.25, 0.3) is 0 Å². The van der Waals surface area contributed by atoms with Crippen LogP contribution in [0.5, 0.6) is 11.5 Å². The van der Waals surface area contributed by atoms with Gasteiger partial charge in [0.1, 0.15) is 11.5 Å². The van der Waals surface area contributed by atoms with Crippen molar-refractivity contribution in [3.05, 3.63) is 54.1 Å². The minimum atomic E-state index is -0.575. The second-order valence-corrected chi connectivity index (χ2v) is 4.98. The van der Waals surface area contributed by atoms with Crippen LogP contribution in [0.1, 0.15) is 19.4 Å². The van der Waals surface area contributed by atoms with Crippen molar-refractivity contribution in [2.45, 2.75) is 26.4 Å². The molecular weight excluding hydrogens is 278 g/mol. The predicted molar refractivity (Wildman–Crippen MR) is 87.5 cm³/mol. The van der Waals surface area contributed by atoms with Gasteiger partial charge in [-0.05, 0) is 55.3 Å². The van der Waals surface area contributed by atoms with Gasteiger partial charge in [0.2, 0.25) is 0 Å². The molecule has 0 saturated carbocycles. The summed E-state index contributed by atoms with van der Waals surface area (Å²) in [6.07, 6.45) is 0.359. The van der Waals surface area contributed by atoms with Crippen molar-refractivity contribution in [2.75, 3.05) is 12.4 Å². The van der Waals surface area contributed by atoms with Gasteiger partial charge >= 0.3 is 0 Å². The van der Waals surface area contributed by atoms with Crippen LogP contribution in [0.3, 0.4) is 0 Å². The Morgan fingerprint density at radius 1 is 1.14 bits per heavy atom. The molecule has 116 valence electrons. The molecule has 22 heavy (non-hydrogen) atoms. The Bertz CT molecular complexity index is 622. The fraction of sp³-hybridized carbons (Fsp3) is 0.278. The zero-order chi connectivity index (χ0) is 15.9. The molecule has 0 radical (unpaired) electrons. The Morgan fingerprint density at radius 2 is 1.86 bits per heavy atom. The van der Waals surface area contributed by atoms with Crippen LogP contribution in [0, 0.1) is 0 Å². The van der Waals surface area contributed by atoms with Gasteiger partial charge in [-0.15, -0.1) is 0 Å². The monoisotopic (exact) mass is 299 g/mol. The average molecular weight is 299 g/mol. The van der Waals surface area contributed by atoms with E-state index in [1.54, 1.807) is 38.3 Å². The summed E-state index contributed by atoms with van der Waals surface area (Å²) in [5, 5.41) is 2.82. The Labute approximate surface area is 131 Å². The van der Waals surface area contributed by atoms with Crippen LogP contribution >= 0.6 is 0 Å². The van der Waals surface area contributed by atoms with E-state index in [9.17, 15) is 4.79 Å². The Kier molecular flexibility index (Phi) is 5.42. The van der Waals surface area contributed by atoms with Crippen LogP contribution in [0.4, 0.5) is 5.69 Å². The number of ether oxygens (including phenoxy) is 2. The molecule has 0 spiro atoms. The van der Waals surface area contributed by atoms with E-state index in [1.807, 2.05) is 24.3 Å². The minimum Gasteiger partial charge on any atom is -0.497 e. The lowest BCUT2D eigenvalue weighted by molar-refractivity contribution is -0.122. The quantitative estimate of drug-likeness (QED) is 0.885. The molecular formula is C18H21NO3. The first-order valence-electron chi connectivity index (χ1n) is 7.33. The number of carbonyl (C=O) groups is 1. The van der Waals surface area contributed by atoms with Crippen LogP contribution in [-0.2, 0) is 11.2 Å². The first-order chi connectivity index (χ1) is 10.6. The number of nitrogens with one attached hydrogen (secondary N) is 1. The molecule has 4 nitrogen and oxygen atoms in total. The van der Waals surface area contributed by atoms with Gasteiger partial charge < -0.3 is 14.8 Å². The van der Waals surface area contributed by atoms with Crippen molar-refractivity contribution in [2.24, 2.45) is 0 Å². The van der Waals surface area contributed by atoms with E-state index >= 15 is 0 Å². The van der Waals surface area contributed by atoms with Gasteiger partial charge in [-0.25, -0.2) is 0 Å². The van der Waals surface area contributed by atoms with Crippen LogP contribution in [0.15, 0.2) is 48.5 Å². The highest BCUT2D eigenvalue weighted by Crippen LogP contribution is 2.17. The van der Waals surface area contributed by atoms with Gasteiger partial charge in [-0.3, -0.25) is 4.79 Å². The van der Waals surface area contributed by atoms with Gasteiger partial charge in [0.25, 0.3) is 5.91 Å². The number of rotatable bonds is 6. The first kappa shape index (κ1) is 15.9. The molecule has 1 N–H and O–H groups in total. The van der Waals surface area contributed by atoms with E-state index in [0.717, 1.165) is 12.2 Å². The van der Waals surface area contributed by atoms with Crippen molar-refractivity contribution >= 4 is 11.6 Å². The molecule has 0 aliphatic rings. The highest BCUT2D eigenvalue weighted by atomic mass is 16.5. The molecule has 1 amide bonds. The number of benzene rings is 2. The van der Waals surface area contributed by atoms with Gasteiger partial charge in [-0.1, -0.05) is 19.1 Å². The number of amides is 1. The van der Waals surface area contributed by atoms with Crippen LogP contribution in [0.2, 0.25) is 0 Å². The van der Waals surface area contributed by atoms with Crippen molar-refractivity contribution in [3.8, 4) is 11.5 Å². The van der Waals surface area contributed by atoms with Gasteiger partial charge in [0, 0.05) is 5.69 Å². The zero-order valence-electron chi connectivity index (χ0n) is 13.1. The smallest absolute Gasteiger partial charge is 0.265 e. The van der Waals surface area contributed by atoms with E-state index in [2.05, 4.69) is 12.2 Å². The topological polar surface area (TPSA) is 47.6 Å². The molecule has 1 unspecified atom stereocenters. The summed E-state index contributed by atoms with van der Waals surface area (Å²) < 4.78 is 10.8. The second kappa shape index (κ2) is 7.50. The molecule has 0 aliphatic heterocycles. The predicted octanol–water partition coefficient (Wildman–Crippen LogP) is 3.66. The molecule has 4 heteroatoms. The maximum absolute atomic E-state index is 12.2.